The van der Waals surface area contributed by atoms with E-state index in [4.69, 9.17) is 4.74 Å². The van der Waals surface area contributed by atoms with Crippen LogP contribution in [0.5, 0.6) is 0 Å². The zero-order valence-electron chi connectivity index (χ0n) is 10.8. The molecule has 0 aromatic carbocycles. The molecule has 5 aliphatic carbocycles. The second kappa shape index (κ2) is 3.01. The van der Waals surface area contributed by atoms with Gasteiger partial charge >= 0.3 is 5.97 Å². The molecular weight excluding hydrogens is 228 g/mol. The fraction of sp³-hybridized carbons (Fsp3) is 0.800. The predicted molar refractivity (Wildman–Crippen MR) is 65.6 cm³/mol. The van der Waals surface area contributed by atoms with Gasteiger partial charge in [-0.3, -0.25) is 0 Å². The minimum atomic E-state index is -0.565. The van der Waals surface area contributed by atoms with Crippen LogP contribution in [0.1, 0.15) is 39.0 Å². The van der Waals surface area contributed by atoms with E-state index in [9.17, 15) is 9.90 Å². The summed E-state index contributed by atoms with van der Waals surface area (Å²) in [4.78, 5) is 11.9. The van der Waals surface area contributed by atoms with Crippen LogP contribution in [0.4, 0.5) is 0 Å². The molecular formula is C15H20O3. The molecule has 0 aromatic rings. The summed E-state index contributed by atoms with van der Waals surface area (Å²) in [7, 11) is 0. The van der Waals surface area contributed by atoms with Crippen LogP contribution in [-0.4, -0.2) is 22.3 Å². The summed E-state index contributed by atoms with van der Waals surface area (Å²) in [5.74, 6) is 2.10. The molecule has 5 fully saturated rings. The maximum atomic E-state index is 11.9. The van der Waals surface area contributed by atoms with E-state index in [2.05, 4.69) is 6.58 Å². The van der Waals surface area contributed by atoms with Crippen LogP contribution in [-0.2, 0) is 9.53 Å². The molecule has 5 rings (SSSR count). The minimum absolute atomic E-state index is 0.272. The second-order valence-corrected chi connectivity index (χ2v) is 7.19. The number of ether oxygens (including phenoxy) is 1. The third-order valence-corrected chi connectivity index (χ3v) is 5.93. The van der Waals surface area contributed by atoms with Crippen molar-refractivity contribution in [3.63, 3.8) is 0 Å². The molecule has 3 nitrogen and oxygen atoms in total. The number of hydrogen-bond acceptors (Lipinski definition) is 3. The average molecular weight is 248 g/mol. The molecule has 98 valence electrons. The molecule has 5 saturated carbocycles. The summed E-state index contributed by atoms with van der Waals surface area (Å²) in [6.07, 6.45) is 4.74. The lowest BCUT2D eigenvalue weighted by molar-refractivity contribution is -0.210. The normalized spacial score (nSPS) is 55.0. The van der Waals surface area contributed by atoms with Crippen molar-refractivity contribution >= 4 is 5.97 Å². The Balaban J connectivity index is 1.71. The van der Waals surface area contributed by atoms with Crippen LogP contribution in [0.15, 0.2) is 12.2 Å². The first-order valence-corrected chi connectivity index (χ1v) is 7.04. The van der Waals surface area contributed by atoms with Gasteiger partial charge in [-0.2, -0.15) is 0 Å². The van der Waals surface area contributed by atoms with Gasteiger partial charge in [0.1, 0.15) is 5.60 Å². The summed E-state index contributed by atoms with van der Waals surface area (Å²) < 4.78 is 5.83. The first-order valence-electron chi connectivity index (χ1n) is 7.04. The zero-order valence-corrected chi connectivity index (χ0v) is 10.8. The Labute approximate surface area is 107 Å². The smallest absolute Gasteiger partial charge is 0.333 e. The highest BCUT2D eigenvalue weighted by Gasteiger charge is 2.73. The Morgan fingerprint density at radius 2 is 2.11 bits per heavy atom. The van der Waals surface area contributed by atoms with E-state index in [0.29, 0.717) is 35.7 Å². The lowest BCUT2D eigenvalue weighted by Gasteiger charge is -2.55. The second-order valence-electron chi connectivity index (χ2n) is 7.19. The zero-order chi connectivity index (χ0) is 12.7. The first-order chi connectivity index (χ1) is 8.42. The lowest BCUT2D eigenvalue weighted by Crippen LogP contribution is -2.60. The summed E-state index contributed by atoms with van der Waals surface area (Å²) in [6.45, 7) is 5.37. The molecule has 1 N–H and O–H groups in total. The lowest BCUT2D eigenvalue weighted by atomic mass is 9.56. The van der Waals surface area contributed by atoms with Crippen LogP contribution < -0.4 is 0 Å². The first kappa shape index (κ1) is 11.0. The van der Waals surface area contributed by atoms with Crippen molar-refractivity contribution in [2.24, 2.45) is 23.7 Å². The van der Waals surface area contributed by atoms with Gasteiger partial charge in [0.25, 0.3) is 0 Å². The van der Waals surface area contributed by atoms with Crippen LogP contribution in [0.2, 0.25) is 0 Å². The molecule has 0 amide bonds. The monoisotopic (exact) mass is 248 g/mol. The highest BCUT2D eigenvalue weighted by atomic mass is 16.6. The molecule has 0 aromatic heterocycles. The van der Waals surface area contributed by atoms with E-state index in [1.807, 2.05) is 0 Å². The largest absolute Gasteiger partial charge is 0.455 e. The number of aliphatic hydroxyl groups is 1. The fourth-order valence-corrected chi connectivity index (χ4v) is 5.81. The van der Waals surface area contributed by atoms with Crippen LogP contribution >= 0.6 is 0 Å². The van der Waals surface area contributed by atoms with E-state index in [1.165, 1.54) is 6.42 Å². The van der Waals surface area contributed by atoms with E-state index in [1.54, 1.807) is 6.92 Å². The fourth-order valence-electron chi connectivity index (χ4n) is 5.81. The van der Waals surface area contributed by atoms with Crippen LogP contribution in [0.3, 0.4) is 0 Å². The van der Waals surface area contributed by atoms with Gasteiger partial charge in [0.05, 0.1) is 5.60 Å². The Bertz CT molecular complexity index is 457. The van der Waals surface area contributed by atoms with Crippen molar-refractivity contribution < 1.29 is 14.6 Å². The highest BCUT2D eigenvalue weighted by Crippen LogP contribution is 2.72. The highest BCUT2D eigenvalue weighted by molar-refractivity contribution is 5.87. The number of carbonyl (C=O) groups excluding carboxylic acids is 1. The van der Waals surface area contributed by atoms with Crippen molar-refractivity contribution in [1.82, 2.24) is 0 Å². The minimum Gasteiger partial charge on any atom is -0.455 e. The third-order valence-electron chi connectivity index (χ3n) is 5.93. The van der Waals surface area contributed by atoms with Crippen molar-refractivity contribution in [2.45, 2.75) is 50.2 Å². The van der Waals surface area contributed by atoms with Crippen molar-refractivity contribution in [1.29, 1.82) is 0 Å². The number of hydrogen-bond donors (Lipinski definition) is 1. The van der Waals surface area contributed by atoms with Crippen molar-refractivity contribution in [3.05, 3.63) is 12.2 Å². The molecule has 6 bridgehead atoms. The number of rotatable bonds is 2. The van der Waals surface area contributed by atoms with Gasteiger partial charge in [0, 0.05) is 17.9 Å². The maximum absolute atomic E-state index is 11.9. The standard InChI is InChI=1S/C15H20O3/c1-8(2)13(16)18-15-5-9-3-10-4-14(17,7-15)6-11(9)12(10)15/h9-12,17H,1,3-7H2,2H3. The van der Waals surface area contributed by atoms with E-state index in [-0.39, 0.29) is 11.6 Å². The van der Waals surface area contributed by atoms with Gasteiger partial charge in [0.15, 0.2) is 0 Å². The SMILES string of the molecule is C=C(C)C(=O)OC12CC3CC4CC(O)(CC3C41)C2. The Kier molecular flexibility index (Phi) is 1.84. The van der Waals surface area contributed by atoms with Gasteiger partial charge in [-0.15, -0.1) is 0 Å². The topological polar surface area (TPSA) is 46.5 Å². The van der Waals surface area contributed by atoms with Gasteiger partial charge in [-0.25, -0.2) is 4.79 Å². The number of carbonyl (C=O) groups is 1. The van der Waals surface area contributed by atoms with Gasteiger partial charge in [0.2, 0.25) is 0 Å². The summed E-state index contributed by atoms with van der Waals surface area (Å²) in [5, 5.41) is 10.7. The quantitative estimate of drug-likeness (QED) is 0.601. The number of esters is 1. The molecule has 0 aliphatic heterocycles. The van der Waals surface area contributed by atoms with E-state index in [0.717, 1.165) is 19.3 Å². The summed E-state index contributed by atoms with van der Waals surface area (Å²) in [5.41, 5.74) is -0.459. The molecule has 0 radical (unpaired) electrons. The summed E-state index contributed by atoms with van der Waals surface area (Å²) >= 11 is 0. The average Bonchev–Trinajstić information content (AvgIpc) is 2.61. The third kappa shape index (κ3) is 1.16. The predicted octanol–water partition coefficient (Wildman–Crippen LogP) is 2.05. The molecule has 18 heavy (non-hydrogen) atoms. The van der Waals surface area contributed by atoms with Gasteiger partial charge < -0.3 is 9.84 Å². The molecule has 6 unspecified atom stereocenters. The Morgan fingerprint density at radius 3 is 2.78 bits per heavy atom. The molecule has 0 heterocycles. The summed E-state index contributed by atoms with van der Waals surface area (Å²) in [6, 6.07) is 0. The van der Waals surface area contributed by atoms with E-state index >= 15 is 0 Å². The van der Waals surface area contributed by atoms with Crippen LogP contribution in [0, 0.1) is 23.7 Å². The molecule has 0 saturated heterocycles. The maximum Gasteiger partial charge on any atom is 0.333 e. The molecule has 5 aliphatic rings. The molecule has 3 heteroatoms. The van der Waals surface area contributed by atoms with Crippen LogP contribution in [0.25, 0.3) is 0 Å². The van der Waals surface area contributed by atoms with Crippen molar-refractivity contribution in [2.75, 3.05) is 0 Å². The van der Waals surface area contributed by atoms with Crippen molar-refractivity contribution in [3.8, 4) is 0 Å². The Morgan fingerprint density at radius 1 is 1.33 bits per heavy atom. The Hall–Kier alpha value is -0.830. The van der Waals surface area contributed by atoms with Gasteiger partial charge in [-0.1, -0.05) is 6.58 Å². The van der Waals surface area contributed by atoms with Gasteiger partial charge in [-0.05, 0) is 50.4 Å². The molecule has 6 atom stereocenters. The van der Waals surface area contributed by atoms with E-state index < -0.39 is 5.60 Å². The molecule has 0 spiro atoms.